The SMILES string of the molecule is Cc1c(C(=O)O)ccc2c1CC[C@@H]2NC(=O)c1cc(NC(=O)Cc2ccc(F)c(F)c2)ncn1. The van der Waals surface area contributed by atoms with E-state index in [-0.39, 0.29) is 35.1 Å². The van der Waals surface area contributed by atoms with Crippen LogP contribution < -0.4 is 10.6 Å². The van der Waals surface area contributed by atoms with Crippen LogP contribution >= 0.6 is 0 Å². The average molecular weight is 466 g/mol. The summed E-state index contributed by atoms with van der Waals surface area (Å²) in [7, 11) is 0. The number of carbonyl (C=O) groups excluding carboxylic acids is 2. The Labute approximate surface area is 193 Å². The van der Waals surface area contributed by atoms with Crippen LogP contribution in [-0.4, -0.2) is 32.9 Å². The van der Waals surface area contributed by atoms with Crippen molar-refractivity contribution >= 4 is 23.6 Å². The van der Waals surface area contributed by atoms with Crippen LogP contribution in [0.5, 0.6) is 0 Å². The van der Waals surface area contributed by atoms with Crippen LogP contribution in [0.1, 0.15) is 55.6 Å². The Hall–Kier alpha value is -4.21. The van der Waals surface area contributed by atoms with E-state index in [1.54, 1.807) is 13.0 Å². The number of hydrogen-bond donors (Lipinski definition) is 3. The van der Waals surface area contributed by atoms with E-state index in [4.69, 9.17) is 0 Å². The number of hydrogen-bond acceptors (Lipinski definition) is 5. The van der Waals surface area contributed by atoms with Crippen LogP contribution in [0.4, 0.5) is 14.6 Å². The first-order valence-corrected chi connectivity index (χ1v) is 10.4. The first kappa shape index (κ1) is 23.0. The summed E-state index contributed by atoms with van der Waals surface area (Å²) in [4.78, 5) is 44.3. The number of amides is 2. The lowest BCUT2D eigenvalue weighted by molar-refractivity contribution is -0.115. The molecule has 1 aliphatic carbocycles. The second-order valence-electron chi connectivity index (χ2n) is 7.94. The predicted octanol–water partition coefficient (Wildman–Crippen LogP) is 3.36. The fourth-order valence-electron chi connectivity index (χ4n) is 4.07. The van der Waals surface area contributed by atoms with E-state index in [1.165, 1.54) is 18.2 Å². The molecular formula is C24H20F2N4O4. The Bertz CT molecular complexity index is 1310. The van der Waals surface area contributed by atoms with Gasteiger partial charge in [0.05, 0.1) is 18.0 Å². The highest BCUT2D eigenvalue weighted by Crippen LogP contribution is 2.34. The number of carboxylic acids is 1. The third-order valence-corrected chi connectivity index (χ3v) is 5.74. The molecule has 1 aliphatic rings. The Balaban J connectivity index is 1.43. The molecular weight excluding hydrogens is 446 g/mol. The van der Waals surface area contributed by atoms with Crippen molar-refractivity contribution in [3.05, 3.63) is 87.9 Å². The van der Waals surface area contributed by atoms with E-state index in [1.807, 2.05) is 0 Å². The number of fused-ring (bicyclic) bond motifs is 1. The van der Waals surface area contributed by atoms with E-state index in [9.17, 15) is 28.3 Å². The van der Waals surface area contributed by atoms with Crippen molar-refractivity contribution < 1.29 is 28.3 Å². The molecule has 3 N–H and O–H groups in total. The normalized spacial score (nSPS) is 14.4. The first-order chi connectivity index (χ1) is 16.2. The van der Waals surface area contributed by atoms with E-state index in [2.05, 4.69) is 20.6 Å². The van der Waals surface area contributed by atoms with Gasteiger partial charge in [-0.3, -0.25) is 9.59 Å². The fraction of sp³-hybridized carbons (Fsp3) is 0.208. The van der Waals surface area contributed by atoms with Gasteiger partial charge in [-0.15, -0.1) is 0 Å². The number of nitrogens with zero attached hydrogens (tertiary/aromatic N) is 2. The molecule has 0 radical (unpaired) electrons. The van der Waals surface area contributed by atoms with Crippen molar-refractivity contribution in [2.24, 2.45) is 0 Å². The van der Waals surface area contributed by atoms with Crippen molar-refractivity contribution in [3.8, 4) is 0 Å². The molecule has 1 aromatic heterocycles. The summed E-state index contributed by atoms with van der Waals surface area (Å²) in [6.45, 7) is 1.76. The maximum atomic E-state index is 13.3. The van der Waals surface area contributed by atoms with E-state index >= 15 is 0 Å². The smallest absolute Gasteiger partial charge is 0.335 e. The number of aromatic nitrogens is 2. The number of nitrogens with one attached hydrogen (secondary N) is 2. The molecule has 3 aromatic rings. The van der Waals surface area contributed by atoms with E-state index < -0.39 is 29.4 Å². The van der Waals surface area contributed by atoms with Gasteiger partial charge in [0.2, 0.25) is 5.91 Å². The molecule has 0 bridgehead atoms. The van der Waals surface area contributed by atoms with Gasteiger partial charge in [0, 0.05) is 6.07 Å². The quantitative estimate of drug-likeness (QED) is 0.512. The molecule has 0 fully saturated rings. The van der Waals surface area contributed by atoms with Crippen LogP contribution in [0.15, 0.2) is 42.7 Å². The molecule has 1 atom stereocenters. The van der Waals surface area contributed by atoms with Gasteiger partial charge in [0.25, 0.3) is 5.91 Å². The molecule has 34 heavy (non-hydrogen) atoms. The van der Waals surface area contributed by atoms with Crippen LogP contribution in [0.2, 0.25) is 0 Å². The van der Waals surface area contributed by atoms with Gasteiger partial charge >= 0.3 is 5.97 Å². The number of aromatic carboxylic acids is 1. The molecule has 2 aromatic carbocycles. The summed E-state index contributed by atoms with van der Waals surface area (Å²) < 4.78 is 26.4. The van der Waals surface area contributed by atoms with Crippen LogP contribution in [0.25, 0.3) is 0 Å². The van der Waals surface area contributed by atoms with Gasteiger partial charge in [-0.25, -0.2) is 23.5 Å². The molecule has 174 valence electrons. The predicted molar refractivity (Wildman–Crippen MR) is 117 cm³/mol. The fourth-order valence-corrected chi connectivity index (χ4v) is 4.07. The standard InChI is InChI=1S/C24H20F2N4O4/c1-12-14-5-7-19(16(14)4-3-15(12)24(33)34)29-23(32)20-10-21(28-11-27-20)30-22(31)9-13-2-6-17(25)18(26)8-13/h2-4,6,8,10-11,19H,5,7,9H2,1H3,(H,29,32)(H,33,34)(H,27,28,30,31)/t19-/m0/s1. The highest BCUT2D eigenvalue weighted by molar-refractivity contribution is 5.96. The van der Waals surface area contributed by atoms with E-state index in [0.717, 1.165) is 29.6 Å². The molecule has 0 saturated heterocycles. The lowest BCUT2D eigenvalue weighted by Gasteiger charge is -2.15. The maximum Gasteiger partial charge on any atom is 0.335 e. The van der Waals surface area contributed by atoms with Gasteiger partial charge in [0.1, 0.15) is 17.8 Å². The Morgan fingerprint density at radius 1 is 1.09 bits per heavy atom. The summed E-state index contributed by atoms with van der Waals surface area (Å²) in [5.74, 6) is -3.96. The first-order valence-electron chi connectivity index (χ1n) is 10.4. The zero-order chi connectivity index (χ0) is 24.4. The molecule has 1 heterocycles. The summed E-state index contributed by atoms with van der Waals surface area (Å²) in [5, 5.41) is 14.7. The van der Waals surface area contributed by atoms with E-state index in [0.29, 0.717) is 18.4 Å². The number of benzene rings is 2. The minimum Gasteiger partial charge on any atom is -0.478 e. The lowest BCUT2D eigenvalue weighted by atomic mass is 9.98. The minimum absolute atomic E-state index is 0.0328. The van der Waals surface area contributed by atoms with Crippen LogP contribution in [0, 0.1) is 18.6 Å². The largest absolute Gasteiger partial charge is 0.478 e. The molecule has 0 saturated carbocycles. The topological polar surface area (TPSA) is 121 Å². The number of carbonyl (C=O) groups is 3. The highest BCUT2D eigenvalue weighted by atomic mass is 19.2. The maximum absolute atomic E-state index is 13.3. The summed E-state index contributed by atoms with van der Waals surface area (Å²) in [6.07, 6.45) is 2.18. The monoisotopic (exact) mass is 466 g/mol. The van der Waals surface area contributed by atoms with Gasteiger partial charge in [0.15, 0.2) is 11.6 Å². The van der Waals surface area contributed by atoms with Crippen molar-refractivity contribution in [1.82, 2.24) is 15.3 Å². The summed E-state index contributed by atoms with van der Waals surface area (Å²) in [5.41, 5.74) is 3.03. The zero-order valence-electron chi connectivity index (χ0n) is 18.1. The Morgan fingerprint density at radius 3 is 2.62 bits per heavy atom. The summed E-state index contributed by atoms with van der Waals surface area (Å²) >= 11 is 0. The molecule has 0 aliphatic heterocycles. The summed E-state index contributed by atoms with van der Waals surface area (Å²) in [6, 6.07) is 7.44. The van der Waals surface area contributed by atoms with Gasteiger partial charge in [-0.1, -0.05) is 12.1 Å². The third kappa shape index (κ3) is 4.75. The van der Waals surface area contributed by atoms with Crippen molar-refractivity contribution in [1.29, 1.82) is 0 Å². The molecule has 10 heteroatoms. The molecule has 4 rings (SSSR count). The molecule has 0 unspecified atom stereocenters. The lowest BCUT2D eigenvalue weighted by Crippen LogP contribution is -2.28. The number of anilines is 1. The molecule has 8 nitrogen and oxygen atoms in total. The van der Waals surface area contributed by atoms with Gasteiger partial charge in [-0.05, 0) is 60.2 Å². The van der Waals surface area contributed by atoms with Gasteiger partial charge in [-0.2, -0.15) is 0 Å². The van der Waals surface area contributed by atoms with Crippen molar-refractivity contribution in [3.63, 3.8) is 0 Å². The zero-order valence-corrected chi connectivity index (χ0v) is 18.1. The van der Waals surface area contributed by atoms with Crippen LogP contribution in [-0.2, 0) is 17.6 Å². The van der Waals surface area contributed by atoms with Crippen molar-refractivity contribution in [2.45, 2.75) is 32.2 Å². The molecule has 2 amide bonds. The van der Waals surface area contributed by atoms with Crippen LogP contribution in [0.3, 0.4) is 0 Å². The Kier molecular flexibility index (Phi) is 6.31. The number of halogens is 2. The number of carboxylic acid groups (broad SMARTS) is 1. The molecule has 0 spiro atoms. The number of rotatable bonds is 6. The third-order valence-electron chi connectivity index (χ3n) is 5.74. The highest BCUT2D eigenvalue weighted by Gasteiger charge is 2.28. The van der Waals surface area contributed by atoms with Crippen molar-refractivity contribution in [2.75, 3.05) is 5.32 Å². The minimum atomic E-state index is -1.05. The Morgan fingerprint density at radius 2 is 1.88 bits per heavy atom. The second kappa shape index (κ2) is 9.34. The van der Waals surface area contributed by atoms with Gasteiger partial charge < -0.3 is 15.7 Å². The second-order valence-corrected chi connectivity index (χ2v) is 7.94. The average Bonchev–Trinajstić information content (AvgIpc) is 3.20.